The number of hydrogen-bond donors (Lipinski definition) is 1. The van der Waals surface area contributed by atoms with Gasteiger partial charge in [0.1, 0.15) is 11.9 Å². The minimum absolute atomic E-state index is 0.0925. The van der Waals surface area contributed by atoms with Crippen molar-refractivity contribution in [1.29, 1.82) is 5.26 Å². The molecule has 0 saturated carbocycles. The quantitative estimate of drug-likeness (QED) is 0.928. The van der Waals surface area contributed by atoms with Crippen molar-refractivity contribution in [3.8, 4) is 6.07 Å². The molecule has 25 heavy (non-hydrogen) atoms. The summed E-state index contributed by atoms with van der Waals surface area (Å²) in [7, 11) is 0. The number of likely N-dealkylation sites (tertiary alicyclic amines) is 1. The van der Waals surface area contributed by atoms with Crippen molar-refractivity contribution in [3.63, 3.8) is 0 Å². The van der Waals surface area contributed by atoms with Gasteiger partial charge in [-0.3, -0.25) is 4.79 Å². The summed E-state index contributed by atoms with van der Waals surface area (Å²) in [4.78, 5) is 19.0. The van der Waals surface area contributed by atoms with E-state index in [4.69, 9.17) is 5.26 Å². The molecule has 1 saturated heterocycles. The third-order valence-corrected chi connectivity index (χ3v) is 4.75. The summed E-state index contributed by atoms with van der Waals surface area (Å²) in [5, 5.41) is 12.3. The van der Waals surface area contributed by atoms with E-state index in [1.54, 1.807) is 18.3 Å². The second-order valence-corrected chi connectivity index (χ2v) is 6.55. The summed E-state index contributed by atoms with van der Waals surface area (Å²) in [6, 6.07) is 13.8. The van der Waals surface area contributed by atoms with Crippen LogP contribution in [0.1, 0.15) is 48.2 Å². The van der Waals surface area contributed by atoms with Gasteiger partial charge in [0.25, 0.3) is 5.91 Å². The van der Waals surface area contributed by atoms with E-state index in [0.717, 1.165) is 18.4 Å². The molecular formula is C20H22N4O. The molecule has 128 valence electrons. The Labute approximate surface area is 148 Å². The maximum absolute atomic E-state index is 12.8. The van der Waals surface area contributed by atoms with Crippen molar-refractivity contribution in [2.24, 2.45) is 0 Å². The van der Waals surface area contributed by atoms with Crippen LogP contribution in [0.15, 0.2) is 42.6 Å². The van der Waals surface area contributed by atoms with Gasteiger partial charge in [0.2, 0.25) is 0 Å². The molecule has 3 rings (SSSR count). The molecule has 5 nitrogen and oxygen atoms in total. The van der Waals surface area contributed by atoms with Crippen LogP contribution >= 0.6 is 0 Å². The van der Waals surface area contributed by atoms with Crippen LogP contribution in [0.25, 0.3) is 0 Å². The number of benzene rings is 1. The van der Waals surface area contributed by atoms with Crippen LogP contribution in [0, 0.1) is 11.3 Å². The Morgan fingerprint density at radius 1 is 1.28 bits per heavy atom. The Morgan fingerprint density at radius 3 is 2.76 bits per heavy atom. The van der Waals surface area contributed by atoms with Crippen molar-refractivity contribution in [2.45, 2.75) is 45.3 Å². The monoisotopic (exact) mass is 334 g/mol. The van der Waals surface area contributed by atoms with Gasteiger partial charge < -0.3 is 10.2 Å². The lowest BCUT2D eigenvalue weighted by Gasteiger charge is -2.26. The Morgan fingerprint density at radius 2 is 2.04 bits per heavy atom. The topological polar surface area (TPSA) is 69.0 Å². The molecule has 5 heteroatoms. The van der Waals surface area contributed by atoms with E-state index in [2.05, 4.69) is 30.2 Å². The highest BCUT2D eigenvalue weighted by Crippen LogP contribution is 2.26. The van der Waals surface area contributed by atoms with Gasteiger partial charge in [-0.2, -0.15) is 5.26 Å². The first-order chi connectivity index (χ1) is 12.1. The van der Waals surface area contributed by atoms with Crippen LogP contribution in [0.2, 0.25) is 0 Å². The minimum Gasteiger partial charge on any atom is -0.365 e. The number of nitrogens with one attached hydrogen (secondary N) is 1. The summed E-state index contributed by atoms with van der Waals surface area (Å²) in [5.74, 6) is 0.651. The number of anilines is 1. The molecular weight excluding hydrogens is 312 g/mol. The van der Waals surface area contributed by atoms with E-state index >= 15 is 0 Å². The number of rotatable bonds is 4. The van der Waals surface area contributed by atoms with E-state index in [1.165, 1.54) is 0 Å². The lowest BCUT2D eigenvalue weighted by Crippen LogP contribution is -2.38. The third-order valence-electron chi connectivity index (χ3n) is 4.75. The smallest absolute Gasteiger partial charge is 0.254 e. The summed E-state index contributed by atoms with van der Waals surface area (Å²) in [5.41, 5.74) is 2.20. The molecule has 1 aromatic heterocycles. The fourth-order valence-electron chi connectivity index (χ4n) is 3.38. The van der Waals surface area contributed by atoms with Gasteiger partial charge in [0, 0.05) is 30.4 Å². The van der Waals surface area contributed by atoms with Crippen molar-refractivity contribution < 1.29 is 4.79 Å². The maximum Gasteiger partial charge on any atom is 0.254 e. The second kappa shape index (κ2) is 7.35. The Hall–Kier alpha value is -2.87. The number of nitriles is 1. The Kier molecular flexibility index (Phi) is 4.99. The molecule has 0 spiro atoms. The average molecular weight is 334 g/mol. The van der Waals surface area contributed by atoms with E-state index in [1.807, 2.05) is 29.2 Å². The van der Waals surface area contributed by atoms with Gasteiger partial charge in [0.15, 0.2) is 0 Å². The van der Waals surface area contributed by atoms with E-state index in [9.17, 15) is 4.79 Å². The largest absolute Gasteiger partial charge is 0.365 e. The minimum atomic E-state index is 0.0925. The third kappa shape index (κ3) is 3.63. The van der Waals surface area contributed by atoms with Crippen LogP contribution in [-0.4, -0.2) is 27.9 Å². The zero-order valence-corrected chi connectivity index (χ0v) is 14.6. The number of amides is 1. The number of aromatic nitrogens is 1. The highest BCUT2D eigenvalue weighted by atomic mass is 16.2. The van der Waals surface area contributed by atoms with Crippen molar-refractivity contribution in [3.05, 3.63) is 59.3 Å². The predicted octanol–water partition coefficient (Wildman–Crippen LogP) is 3.58. The number of nitrogens with zero attached hydrogens (tertiary/aromatic N) is 3. The number of carbonyl (C=O) groups excluding carboxylic acids is 1. The first-order valence-electron chi connectivity index (χ1n) is 8.60. The first kappa shape index (κ1) is 17.0. The van der Waals surface area contributed by atoms with Crippen LogP contribution in [0.4, 0.5) is 5.82 Å². The first-order valence-corrected chi connectivity index (χ1v) is 8.60. The fraction of sp³-hybridized carbons (Fsp3) is 0.350. The van der Waals surface area contributed by atoms with Gasteiger partial charge in [-0.15, -0.1) is 0 Å². The van der Waals surface area contributed by atoms with Crippen molar-refractivity contribution in [2.75, 3.05) is 5.32 Å². The number of carbonyl (C=O) groups is 1. The van der Waals surface area contributed by atoms with Gasteiger partial charge in [-0.05, 0) is 56.5 Å². The molecule has 2 heterocycles. The van der Waals surface area contributed by atoms with Crippen LogP contribution in [0.5, 0.6) is 0 Å². The summed E-state index contributed by atoms with van der Waals surface area (Å²) in [6.07, 6.45) is 3.77. The molecule has 1 aliphatic rings. The Bertz CT molecular complexity index is 801. The summed E-state index contributed by atoms with van der Waals surface area (Å²) < 4.78 is 0. The molecule has 1 fully saturated rings. The zero-order valence-electron chi connectivity index (χ0n) is 14.6. The maximum atomic E-state index is 12.8. The van der Waals surface area contributed by atoms with Gasteiger partial charge >= 0.3 is 0 Å². The number of hydrogen-bond acceptors (Lipinski definition) is 4. The zero-order chi connectivity index (χ0) is 17.8. The SMILES string of the molecule is C[C@@H]1CC[C@@H](C)N1C(=O)c1cccc(CNc2ncccc2C#N)c1. The normalized spacial score (nSPS) is 19.5. The number of pyridine rings is 1. The van der Waals surface area contributed by atoms with Crippen LogP contribution < -0.4 is 5.32 Å². The van der Waals surface area contributed by atoms with Gasteiger partial charge in [0.05, 0.1) is 5.56 Å². The molecule has 2 aromatic rings. The molecule has 2 atom stereocenters. The molecule has 0 bridgehead atoms. The van der Waals surface area contributed by atoms with Gasteiger partial charge in [-0.1, -0.05) is 12.1 Å². The Balaban J connectivity index is 1.74. The van der Waals surface area contributed by atoms with Gasteiger partial charge in [-0.25, -0.2) is 4.98 Å². The highest BCUT2D eigenvalue weighted by molar-refractivity contribution is 5.95. The van der Waals surface area contributed by atoms with E-state index < -0.39 is 0 Å². The average Bonchev–Trinajstić information content (AvgIpc) is 2.98. The lowest BCUT2D eigenvalue weighted by atomic mass is 10.1. The molecule has 1 aliphatic heterocycles. The second-order valence-electron chi connectivity index (χ2n) is 6.55. The lowest BCUT2D eigenvalue weighted by molar-refractivity contribution is 0.0692. The molecule has 1 N–H and O–H groups in total. The van der Waals surface area contributed by atoms with Crippen LogP contribution in [-0.2, 0) is 6.54 Å². The summed E-state index contributed by atoms with van der Waals surface area (Å²) in [6.45, 7) is 4.73. The summed E-state index contributed by atoms with van der Waals surface area (Å²) >= 11 is 0. The highest BCUT2D eigenvalue weighted by Gasteiger charge is 2.31. The van der Waals surface area contributed by atoms with Crippen molar-refractivity contribution in [1.82, 2.24) is 9.88 Å². The molecule has 1 amide bonds. The van der Waals surface area contributed by atoms with E-state index in [-0.39, 0.29) is 18.0 Å². The van der Waals surface area contributed by atoms with Crippen LogP contribution in [0.3, 0.4) is 0 Å². The van der Waals surface area contributed by atoms with Crippen molar-refractivity contribution >= 4 is 11.7 Å². The van der Waals surface area contributed by atoms with E-state index in [0.29, 0.717) is 23.5 Å². The predicted molar refractivity (Wildman–Crippen MR) is 97.0 cm³/mol. The molecule has 1 aromatic carbocycles. The molecule has 0 unspecified atom stereocenters. The fourth-order valence-corrected chi connectivity index (χ4v) is 3.38. The molecule has 0 radical (unpaired) electrons. The standard InChI is InChI=1S/C20H22N4O/c1-14-8-9-15(2)24(14)20(25)17-6-3-5-16(11-17)13-23-19-18(12-21)7-4-10-22-19/h3-7,10-11,14-15H,8-9,13H2,1-2H3,(H,22,23)/t14-,15-/m1/s1. The molecule has 0 aliphatic carbocycles.